The van der Waals surface area contributed by atoms with E-state index in [1.165, 1.54) is 0 Å². The first-order valence-electron chi connectivity index (χ1n) is 5.94. The lowest BCUT2D eigenvalue weighted by atomic mass is 10.1. The first-order valence-corrected chi connectivity index (χ1v) is 6.32. The molecule has 96 valence electrons. The summed E-state index contributed by atoms with van der Waals surface area (Å²) in [6.07, 6.45) is 0.618. The van der Waals surface area contributed by atoms with E-state index in [9.17, 15) is 0 Å². The number of nitrogens with one attached hydrogen (secondary N) is 1. The molecule has 0 aliphatic rings. The van der Waals surface area contributed by atoms with Gasteiger partial charge in [0.05, 0.1) is 0 Å². The highest BCUT2D eigenvalue weighted by Gasteiger charge is 2.07. The van der Waals surface area contributed by atoms with Crippen molar-refractivity contribution in [3.8, 4) is 0 Å². The summed E-state index contributed by atoms with van der Waals surface area (Å²) in [5.41, 5.74) is 1.07. The Labute approximate surface area is 111 Å². The summed E-state index contributed by atoms with van der Waals surface area (Å²) in [6, 6.07) is 8.12. The lowest BCUT2D eigenvalue weighted by molar-refractivity contribution is 0.421. The molecule has 1 heterocycles. The minimum atomic E-state index is 0.473. The van der Waals surface area contributed by atoms with Crippen LogP contribution in [-0.2, 0) is 6.42 Å². The van der Waals surface area contributed by atoms with Crippen molar-refractivity contribution in [3.63, 3.8) is 0 Å². The Kier molecular flexibility index (Phi) is 4.20. The maximum absolute atomic E-state index is 5.92. The van der Waals surface area contributed by atoms with Gasteiger partial charge >= 0.3 is 6.01 Å². The van der Waals surface area contributed by atoms with Gasteiger partial charge in [0.1, 0.15) is 0 Å². The summed E-state index contributed by atoms with van der Waals surface area (Å²) in [4.78, 5) is 4.28. The smallest absolute Gasteiger partial charge is 0.321 e. The Morgan fingerprint density at radius 3 is 2.94 bits per heavy atom. The average molecular weight is 266 g/mol. The van der Waals surface area contributed by atoms with E-state index in [0.717, 1.165) is 12.1 Å². The lowest BCUT2D eigenvalue weighted by Gasteiger charge is -2.02. The molecule has 0 fully saturated rings. The summed E-state index contributed by atoms with van der Waals surface area (Å²) < 4.78 is 5.11. The highest BCUT2D eigenvalue weighted by atomic mass is 35.5. The van der Waals surface area contributed by atoms with Crippen LogP contribution in [0, 0.1) is 5.92 Å². The SMILES string of the molecule is CC(C)CNc1nc(Cc2cccc(Cl)c2)no1. The predicted molar refractivity (Wildman–Crippen MR) is 71.9 cm³/mol. The van der Waals surface area contributed by atoms with E-state index in [1.807, 2.05) is 24.3 Å². The van der Waals surface area contributed by atoms with Crippen molar-refractivity contribution in [2.45, 2.75) is 20.3 Å². The third-order valence-electron chi connectivity index (χ3n) is 2.38. The van der Waals surface area contributed by atoms with Gasteiger partial charge in [0.15, 0.2) is 5.82 Å². The fourth-order valence-corrected chi connectivity index (χ4v) is 1.73. The van der Waals surface area contributed by atoms with Crippen molar-refractivity contribution in [2.24, 2.45) is 5.92 Å². The van der Waals surface area contributed by atoms with Crippen molar-refractivity contribution in [1.29, 1.82) is 0 Å². The van der Waals surface area contributed by atoms with Gasteiger partial charge < -0.3 is 9.84 Å². The average Bonchev–Trinajstić information content (AvgIpc) is 2.74. The van der Waals surface area contributed by atoms with Crippen molar-refractivity contribution < 1.29 is 4.52 Å². The number of benzene rings is 1. The van der Waals surface area contributed by atoms with Gasteiger partial charge in [-0.05, 0) is 23.6 Å². The molecule has 1 aromatic carbocycles. The fraction of sp³-hybridized carbons (Fsp3) is 0.385. The van der Waals surface area contributed by atoms with Crippen LogP contribution in [0.5, 0.6) is 0 Å². The van der Waals surface area contributed by atoms with Crippen molar-refractivity contribution in [3.05, 3.63) is 40.7 Å². The molecular weight excluding hydrogens is 250 g/mol. The summed E-state index contributed by atoms with van der Waals surface area (Å²) in [7, 11) is 0. The quantitative estimate of drug-likeness (QED) is 0.900. The van der Waals surface area contributed by atoms with Gasteiger partial charge in [0.25, 0.3) is 0 Å². The van der Waals surface area contributed by atoms with Gasteiger partial charge in [-0.1, -0.05) is 42.7 Å². The topological polar surface area (TPSA) is 51.0 Å². The van der Waals surface area contributed by atoms with Crippen LogP contribution in [0.2, 0.25) is 5.02 Å². The Morgan fingerprint density at radius 1 is 1.39 bits per heavy atom. The summed E-state index contributed by atoms with van der Waals surface area (Å²) in [5.74, 6) is 1.19. The zero-order valence-electron chi connectivity index (χ0n) is 10.5. The first-order chi connectivity index (χ1) is 8.63. The van der Waals surface area contributed by atoms with Gasteiger partial charge in [-0.25, -0.2) is 0 Å². The maximum atomic E-state index is 5.92. The number of anilines is 1. The lowest BCUT2D eigenvalue weighted by Crippen LogP contribution is -2.08. The second-order valence-electron chi connectivity index (χ2n) is 4.60. The Bertz CT molecular complexity index is 510. The van der Waals surface area contributed by atoms with Crippen LogP contribution < -0.4 is 5.32 Å². The van der Waals surface area contributed by atoms with E-state index >= 15 is 0 Å². The molecule has 0 unspecified atom stereocenters. The zero-order chi connectivity index (χ0) is 13.0. The van der Waals surface area contributed by atoms with E-state index in [-0.39, 0.29) is 0 Å². The summed E-state index contributed by atoms with van der Waals surface area (Å²) >= 11 is 5.92. The number of hydrogen-bond donors (Lipinski definition) is 1. The van der Waals surface area contributed by atoms with Gasteiger partial charge in [0, 0.05) is 18.0 Å². The number of halogens is 1. The van der Waals surface area contributed by atoms with E-state index in [0.29, 0.717) is 29.2 Å². The van der Waals surface area contributed by atoms with Gasteiger partial charge in [-0.3, -0.25) is 0 Å². The summed E-state index contributed by atoms with van der Waals surface area (Å²) in [6.45, 7) is 5.06. The highest BCUT2D eigenvalue weighted by molar-refractivity contribution is 6.30. The van der Waals surface area contributed by atoms with Crippen molar-refractivity contribution in [2.75, 3.05) is 11.9 Å². The molecule has 2 rings (SSSR count). The molecule has 18 heavy (non-hydrogen) atoms. The Balaban J connectivity index is 1.98. The number of hydrogen-bond acceptors (Lipinski definition) is 4. The number of aromatic nitrogens is 2. The van der Waals surface area contributed by atoms with Crippen LogP contribution in [0.1, 0.15) is 25.2 Å². The molecule has 1 N–H and O–H groups in total. The van der Waals surface area contributed by atoms with Gasteiger partial charge in [-0.15, -0.1) is 0 Å². The summed E-state index contributed by atoms with van der Waals surface area (Å²) in [5, 5.41) is 7.74. The molecule has 2 aromatic rings. The minimum absolute atomic E-state index is 0.473. The Hall–Kier alpha value is -1.55. The zero-order valence-corrected chi connectivity index (χ0v) is 11.2. The molecule has 0 bridgehead atoms. The van der Waals surface area contributed by atoms with Crippen molar-refractivity contribution >= 4 is 17.6 Å². The second-order valence-corrected chi connectivity index (χ2v) is 5.03. The van der Waals surface area contributed by atoms with Crippen LogP contribution >= 0.6 is 11.6 Å². The molecule has 0 spiro atoms. The molecule has 0 aliphatic carbocycles. The van der Waals surface area contributed by atoms with Crippen LogP contribution in [0.3, 0.4) is 0 Å². The minimum Gasteiger partial charge on any atom is -0.338 e. The highest BCUT2D eigenvalue weighted by Crippen LogP contribution is 2.14. The van der Waals surface area contributed by atoms with Crippen LogP contribution in [0.25, 0.3) is 0 Å². The van der Waals surface area contributed by atoms with Crippen LogP contribution in [0.15, 0.2) is 28.8 Å². The third-order valence-corrected chi connectivity index (χ3v) is 2.62. The second kappa shape index (κ2) is 5.87. The van der Waals surface area contributed by atoms with E-state index in [2.05, 4.69) is 29.3 Å². The molecule has 0 amide bonds. The predicted octanol–water partition coefficient (Wildman–Crippen LogP) is 3.38. The number of rotatable bonds is 5. The Morgan fingerprint density at radius 2 is 2.22 bits per heavy atom. The maximum Gasteiger partial charge on any atom is 0.321 e. The van der Waals surface area contributed by atoms with Gasteiger partial charge in [0.2, 0.25) is 0 Å². The van der Waals surface area contributed by atoms with E-state index in [4.69, 9.17) is 16.1 Å². The molecule has 1 aromatic heterocycles. The normalized spacial score (nSPS) is 10.9. The molecule has 0 atom stereocenters. The monoisotopic (exact) mass is 265 g/mol. The molecule has 0 aliphatic heterocycles. The first kappa shape index (κ1) is 12.9. The standard InChI is InChI=1S/C13H16ClN3O/c1-9(2)8-15-13-16-12(17-18-13)7-10-4-3-5-11(14)6-10/h3-6,9H,7-8H2,1-2H3,(H,15,16,17). The molecule has 0 saturated heterocycles. The molecule has 5 heteroatoms. The molecular formula is C13H16ClN3O. The molecule has 4 nitrogen and oxygen atoms in total. The van der Waals surface area contributed by atoms with Gasteiger partial charge in [-0.2, -0.15) is 4.98 Å². The third kappa shape index (κ3) is 3.74. The fourth-order valence-electron chi connectivity index (χ4n) is 1.52. The molecule has 0 saturated carbocycles. The van der Waals surface area contributed by atoms with Crippen LogP contribution in [0.4, 0.5) is 6.01 Å². The molecule has 0 radical (unpaired) electrons. The van der Waals surface area contributed by atoms with Crippen molar-refractivity contribution in [1.82, 2.24) is 10.1 Å². The number of nitrogens with zero attached hydrogens (tertiary/aromatic N) is 2. The largest absolute Gasteiger partial charge is 0.338 e. The van der Waals surface area contributed by atoms with Crippen LogP contribution in [-0.4, -0.2) is 16.7 Å². The van der Waals surface area contributed by atoms with E-state index in [1.54, 1.807) is 0 Å². The van der Waals surface area contributed by atoms with E-state index < -0.39 is 0 Å².